The third kappa shape index (κ3) is 5.12. The quantitative estimate of drug-likeness (QED) is 0.556. The van der Waals surface area contributed by atoms with Gasteiger partial charge in [-0.05, 0) is 42.8 Å². The fourth-order valence-corrected chi connectivity index (χ4v) is 4.35. The van der Waals surface area contributed by atoms with Gasteiger partial charge >= 0.3 is 11.8 Å². The molecule has 2 amide bonds. The summed E-state index contributed by atoms with van der Waals surface area (Å²) in [6, 6.07) is 12.9. The molecule has 0 bridgehead atoms. The summed E-state index contributed by atoms with van der Waals surface area (Å²) in [4.78, 5) is 28.3. The smallest absolute Gasteiger partial charge is 0.309 e. The molecule has 0 fully saturated rings. The Balaban J connectivity index is 1.69. The molecule has 3 rings (SSSR count). The number of hydrogen-bond acceptors (Lipinski definition) is 6. The van der Waals surface area contributed by atoms with Crippen LogP contribution in [0, 0.1) is 6.92 Å². The van der Waals surface area contributed by atoms with E-state index in [0.717, 1.165) is 11.1 Å². The number of sulfone groups is 1. The van der Waals surface area contributed by atoms with Crippen LogP contribution in [0.3, 0.4) is 0 Å². The number of rotatable bonds is 7. The highest BCUT2D eigenvalue weighted by atomic mass is 32.2. The van der Waals surface area contributed by atoms with Gasteiger partial charge in [0.25, 0.3) is 0 Å². The molecular formula is C21H21N3O5S. The van der Waals surface area contributed by atoms with Crippen LogP contribution in [-0.2, 0) is 26.0 Å². The molecule has 0 aliphatic carbocycles. The number of hydrogen-bond donors (Lipinski definition) is 2. The molecule has 1 aromatic carbocycles. The van der Waals surface area contributed by atoms with Crippen LogP contribution in [0.2, 0.25) is 0 Å². The van der Waals surface area contributed by atoms with E-state index in [1.165, 1.54) is 24.5 Å². The van der Waals surface area contributed by atoms with Gasteiger partial charge in [-0.3, -0.25) is 14.6 Å². The van der Waals surface area contributed by atoms with Gasteiger partial charge < -0.3 is 15.1 Å². The van der Waals surface area contributed by atoms with Crippen molar-refractivity contribution >= 4 is 21.7 Å². The van der Waals surface area contributed by atoms with E-state index in [1.54, 1.807) is 42.7 Å². The molecule has 3 aromatic rings. The van der Waals surface area contributed by atoms with Crippen molar-refractivity contribution in [2.24, 2.45) is 0 Å². The largest absolute Gasteiger partial charge is 0.468 e. The predicted molar refractivity (Wildman–Crippen MR) is 109 cm³/mol. The van der Waals surface area contributed by atoms with Crippen LogP contribution in [0.1, 0.15) is 22.1 Å². The van der Waals surface area contributed by atoms with E-state index in [2.05, 4.69) is 15.6 Å². The van der Waals surface area contributed by atoms with E-state index in [4.69, 9.17) is 4.42 Å². The molecule has 2 heterocycles. The van der Waals surface area contributed by atoms with Crippen LogP contribution in [0.25, 0.3) is 0 Å². The number of nitrogens with zero attached hydrogens (tertiary/aromatic N) is 1. The lowest BCUT2D eigenvalue weighted by atomic mass is 10.2. The van der Waals surface area contributed by atoms with Crippen molar-refractivity contribution in [1.29, 1.82) is 0 Å². The summed E-state index contributed by atoms with van der Waals surface area (Å²) < 4.78 is 31.5. The predicted octanol–water partition coefficient (Wildman–Crippen LogP) is 1.93. The van der Waals surface area contributed by atoms with Crippen molar-refractivity contribution in [2.45, 2.75) is 23.6 Å². The van der Waals surface area contributed by atoms with E-state index in [0.29, 0.717) is 0 Å². The zero-order valence-electron chi connectivity index (χ0n) is 16.2. The summed E-state index contributed by atoms with van der Waals surface area (Å²) in [6.45, 7) is 1.66. The fraction of sp³-hybridized carbons (Fsp3) is 0.190. The van der Waals surface area contributed by atoms with Crippen LogP contribution in [-0.4, -0.2) is 31.8 Å². The number of aryl methyl sites for hydroxylation is 1. The first-order chi connectivity index (χ1) is 14.4. The fourth-order valence-electron chi connectivity index (χ4n) is 2.76. The number of carbonyl (C=O) groups is 2. The Bertz CT molecular complexity index is 1100. The maximum atomic E-state index is 13.1. The minimum atomic E-state index is -3.87. The van der Waals surface area contributed by atoms with Gasteiger partial charge in [0.15, 0.2) is 9.84 Å². The van der Waals surface area contributed by atoms with Gasteiger partial charge in [-0.15, -0.1) is 0 Å². The van der Waals surface area contributed by atoms with Crippen LogP contribution >= 0.6 is 0 Å². The molecule has 0 aliphatic rings. The zero-order chi connectivity index (χ0) is 21.6. The lowest BCUT2D eigenvalue weighted by Gasteiger charge is -2.16. The second-order valence-electron chi connectivity index (χ2n) is 6.62. The average molecular weight is 427 g/mol. The minimum Gasteiger partial charge on any atom is -0.468 e. The van der Waals surface area contributed by atoms with E-state index in [1.807, 2.05) is 6.92 Å². The van der Waals surface area contributed by atoms with Crippen molar-refractivity contribution in [3.8, 4) is 0 Å². The Morgan fingerprint density at radius 1 is 1.03 bits per heavy atom. The molecule has 2 aromatic heterocycles. The van der Waals surface area contributed by atoms with E-state index in [-0.39, 0.29) is 23.7 Å². The summed E-state index contributed by atoms with van der Waals surface area (Å²) in [5, 5.41) is 3.68. The van der Waals surface area contributed by atoms with E-state index in [9.17, 15) is 18.0 Å². The molecule has 0 aliphatic heterocycles. The molecule has 0 radical (unpaired) electrons. The molecule has 30 heavy (non-hydrogen) atoms. The summed E-state index contributed by atoms with van der Waals surface area (Å²) in [5.41, 5.74) is 1.65. The third-order valence-corrected chi connectivity index (χ3v) is 6.49. The van der Waals surface area contributed by atoms with Gasteiger partial charge in [0.2, 0.25) is 0 Å². The van der Waals surface area contributed by atoms with Crippen molar-refractivity contribution < 1.29 is 22.4 Å². The average Bonchev–Trinajstić information content (AvgIpc) is 3.27. The number of furan rings is 1. The Labute approximate surface area is 174 Å². The topological polar surface area (TPSA) is 118 Å². The Hall–Kier alpha value is -3.46. The second-order valence-corrected chi connectivity index (χ2v) is 8.75. The monoisotopic (exact) mass is 427 g/mol. The lowest BCUT2D eigenvalue weighted by molar-refractivity contribution is -0.139. The first kappa shape index (κ1) is 21.3. The summed E-state index contributed by atoms with van der Waals surface area (Å²) in [5.74, 6) is -1.63. The first-order valence-electron chi connectivity index (χ1n) is 9.17. The highest BCUT2D eigenvalue weighted by molar-refractivity contribution is 7.91. The molecule has 0 unspecified atom stereocenters. The van der Waals surface area contributed by atoms with E-state index < -0.39 is 26.9 Å². The lowest BCUT2D eigenvalue weighted by Crippen LogP contribution is -2.42. The van der Waals surface area contributed by atoms with Crippen molar-refractivity contribution in [1.82, 2.24) is 15.6 Å². The number of aromatic nitrogens is 1. The molecule has 0 saturated carbocycles. The molecule has 0 saturated heterocycles. The summed E-state index contributed by atoms with van der Waals surface area (Å²) in [7, 11) is -3.87. The highest BCUT2D eigenvalue weighted by Gasteiger charge is 2.32. The normalized spacial score (nSPS) is 12.2. The second kappa shape index (κ2) is 9.36. The van der Waals surface area contributed by atoms with Crippen molar-refractivity contribution in [2.75, 3.05) is 6.54 Å². The maximum Gasteiger partial charge on any atom is 0.309 e. The van der Waals surface area contributed by atoms with Crippen molar-refractivity contribution in [3.05, 3.63) is 84.1 Å². The number of amides is 2. The van der Waals surface area contributed by atoms with Gasteiger partial charge in [0, 0.05) is 25.5 Å². The molecule has 1 atom stereocenters. The molecule has 156 valence electrons. The number of nitrogens with one attached hydrogen (secondary N) is 2. The Morgan fingerprint density at radius 2 is 1.77 bits per heavy atom. The maximum absolute atomic E-state index is 13.1. The molecule has 9 heteroatoms. The van der Waals surface area contributed by atoms with Gasteiger partial charge in [0.1, 0.15) is 11.0 Å². The third-order valence-electron chi connectivity index (χ3n) is 4.41. The summed E-state index contributed by atoms with van der Waals surface area (Å²) in [6.07, 6.45) is 4.52. The summed E-state index contributed by atoms with van der Waals surface area (Å²) >= 11 is 0. The minimum absolute atomic E-state index is 0.102. The van der Waals surface area contributed by atoms with Crippen molar-refractivity contribution in [3.63, 3.8) is 0 Å². The van der Waals surface area contributed by atoms with E-state index >= 15 is 0 Å². The molecule has 8 nitrogen and oxygen atoms in total. The van der Waals surface area contributed by atoms with Gasteiger partial charge in [-0.25, -0.2) is 8.42 Å². The number of pyridine rings is 1. The van der Waals surface area contributed by atoms with Crippen LogP contribution in [0.5, 0.6) is 0 Å². The number of carbonyl (C=O) groups excluding carboxylic acids is 2. The van der Waals surface area contributed by atoms with Gasteiger partial charge in [-0.1, -0.05) is 23.8 Å². The van der Waals surface area contributed by atoms with Crippen LogP contribution in [0.15, 0.2) is 76.5 Å². The van der Waals surface area contributed by atoms with Gasteiger partial charge in [-0.2, -0.15) is 0 Å². The zero-order valence-corrected chi connectivity index (χ0v) is 17.1. The Kier molecular flexibility index (Phi) is 6.63. The highest BCUT2D eigenvalue weighted by Crippen LogP contribution is 2.29. The van der Waals surface area contributed by atoms with Crippen LogP contribution < -0.4 is 10.6 Å². The van der Waals surface area contributed by atoms with Gasteiger partial charge in [0.05, 0.1) is 11.2 Å². The number of benzene rings is 1. The van der Waals surface area contributed by atoms with Crippen LogP contribution in [0.4, 0.5) is 0 Å². The molecule has 2 N–H and O–H groups in total. The molecular weight excluding hydrogens is 406 g/mol. The standard InChI is InChI=1S/C21H21N3O5S/c1-15-6-8-17(9-7-15)30(27,28)19(18-5-3-11-29-18)14-24-21(26)20(25)23-13-16-4-2-10-22-12-16/h2-12,19H,13-14H2,1H3,(H,23,25)(H,24,26)/t19-/m1/s1. The molecule has 0 spiro atoms. The SMILES string of the molecule is Cc1ccc(S(=O)(=O)[C@H](CNC(=O)C(=O)NCc2cccnc2)c2ccco2)cc1. The Morgan fingerprint density at radius 3 is 2.40 bits per heavy atom. The first-order valence-corrected chi connectivity index (χ1v) is 10.7.